The number of thiophene rings is 1. The van der Waals surface area contributed by atoms with Gasteiger partial charge in [-0.05, 0) is 85.9 Å². The van der Waals surface area contributed by atoms with Gasteiger partial charge in [0.15, 0.2) is 0 Å². The highest BCUT2D eigenvalue weighted by Crippen LogP contribution is 2.51. The summed E-state index contributed by atoms with van der Waals surface area (Å²) >= 11 is 1.89. The van der Waals surface area contributed by atoms with E-state index in [9.17, 15) is 0 Å². The molecule has 1 heterocycles. The first-order valence-electron chi connectivity index (χ1n) is 17.0. The van der Waals surface area contributed by atoms with Crippen molar-refractivity contribution in [2.75, 3.05) is 4.90 Å². The molecule has 0 radical (unpaired) electrons. The molecule has 232 valence electrons. The first kappa shape index (κ1) is 28.3. The van der Waals surface area contributed by atoms with E-state index in [1.807, 2.05) is 11.3 Å². The van der Waals surface area contributed by atoms with Gasteiger partial charge in [-0.2, -0.15) is 0 Å². The lowest BCUT2D eigenvalue weighted by atomic mass is 9.82. The molecule has 0 amide bonds. The summed E-state index contributed by atoms with van der Waals surface area (Å²) < 4.78 is 2.67. The first-order chi connectivity index (χ1) is 24.1. The van der Waals surface area contributed by atoms with Gasteiger partial charge in [-0.3, -0.25) is 0 Å². The Balaban J connectivity index is 1.18. The minimum Gasteiger partial charge on any atom is -0.310 e. The second kappa shape index (κ2) is 10.7. The summed E-state index contributed by atoms with van der Waals surface area (Å²) in [6.45, 7) is 4.72. The molecule has 8 aromatic carbocycles. The second-order valence-corrected chi connectivity index (χ2v) is 14.8. The predicted octanol–water partition coefficient (Wildman–Crippen LogP) is 13.8. The van der Waals surface area contributed by atoms with E-state index in [-0.39, 0.29) is 5.41 Å². The zero-order chi connectivity index (χ0) is 32.7. The molecular weight excluding hydrogens is 611 g/mol. The van der Waals surface area contributed by atoms with Gasteiger partial charge in [0.05, 0.1) is 5.69 Å². The first-order valence-corrected chi connectivity index (χ1v) is 17.8. The lowest BCUT2D eigenvalue weighted by molar-refractivity contribution is 0.660. The zero-order valence-electron chi connectivity index (χ0n) is 27.4. The summed E-state index contributed by atoms with van der Waals surface area (Å²) in [4.78, 5) is 2.47. The minimum absolute atomic E-state index is 0.0914. The molecule has 0 fully saturated rings. The highest BCUT2D eigenvalue weighted by Gasteiger charge is 2.35. The molecule has 0 spiro atoms. The smallest absolute Gasteiger partial charge is 0.0546 e. The Kier molecular flexibility index (Phi) is 6.16. The van der Waals surface area contributed by atoms with Crippen LogP contribution in [0.5, 0.6) is 0 Å². The molecule has 1 aliphatic rings. The van der Waals surface area contributed by atoms with Gasteiger partial charge < -0.3 is 4.90 Å². The van der Waals surface area contributed by atoms with Gasteiger partial charge in [-0.15, -0.1) is 11.3 Å². The van der Waals surface area contributed by atoms with Crippen LogP contribution < -0.4 is 4.90 Å². The second-order valence-electron chi connectivity index (χ2n) is 13.7. The van der Waals surface area contributed by atoms with Crippen molar-refractivity contribution in [3.63, 3.8) is 0 Å². The van der Waals surface area contributed by atoms with E-state index < -0.39 is 0 Å². The summed E-state index contributed by atoms with van der Waals surface area (Å²) in [6.07, 6.45) is 0. The molecule has 1 aliphatic carbocycles. The van der Waals surface area contributed by atoms with Crippen LogP contribution in [-0.4, -0.2) is 0 Å². The van der Waals surface area contributed by atoms with Crippen molar-refractivity contribution in [3.05, 3.63) is 175 Å². The molecule has 0 saturated carbocycles. The summed E-state index contributed by atoms with van der Waals surface area (Å²) in [7, 11) is 0. The van der Waals surface area contributed by atoms with Gasteiger partial charge >= 0.3 is 0 Å². The molecule has 0 aliphatic heterocycles. The maximum absolute atomic E-state index is 2.47. The number of benzene rings is 8. The third-order valence-corrected chi connectivity index (χ3v) is 11.9. The van der Waals surface area contributed by atoms with Gasteiger partial charge in [0.25, 0.3) is 0 Å². The van der Waals surface area contributed by atoms with Crippen molar-refractivity contribution in [3.8, 4) is 22.3 Å². The molecule has 0 unspecified atom stereocenters. The monoisotopic (exact) mass is 643 g/mol. The molecule has 1 nitrogen and oxygen atoms in total. The fraction of sp³-hybridized carbons (Fsp3) is 0.0638. The Labute approximate surface area is 290 Å². The molecule has 9 aromatic rings. The van der Waals surface area contributed by atoms with Gasteiger partial charge in [-0.25, -0.2) is 0 Å². The van der Waals surface area contributed by atoms with Crippen LogP contribution in [-0.2, 0) is 5.41 Å². The average Bonchev–Trinajstić information content (AvgIpc) is 3.64. The number of hydrogen-bond acceptors (Lipinski definition) is 2. The number of hydrogen-bond donors (Lipinski definition) is 0. The summed E-state index contributed by atoms with van der Waals surface area (Å²) in [5.41, 5.74) is 11.4. The van der Waals surface area contributed by atoms with E-state index in [1.54, 1.807) is 0 Å². The molecule has 2 heteroatoms. The fourth-order valence-electron chi connectivity index (χ4n) is 8.25. The Morgan fingerprint density at radius 3 is 2.02 bits per heavy atom. The van der Waals surface area contributed by atoms with Crippen LogP contribution in [0.25, 0.3) is 64.0 Å². The van der Waals surface area contributed by atoms with Crippen molar-refractivity contribution < 1.29 is 0 Å². The standard InChI is InChI=1S/C47H33NS/c1-47(2)41-18-7-5-14-37(41)38-28-27-34(29-42(38)47)48(43-19-9-12-32-22-21-30-11-3-4-13-35(30)45(32)43)33-25-23-31(24-26-33)36-16-10-17-40-39-15-6-8-20-44(39)49-46(36)40/h3-29H,1-2H3. The summed E-state index contributed by atoms with van der Waals surface area (Å²) in [5.74, 6) is 0. The SMILES string of the molecule is CC1(C)c2ccccc2-c2ccc(N(c3ccc(-c4cccc5c4sc4ccccc45)cc3)c3cccc4ccc5ccccc5c34)cc21. The molecule has 0 atom stereocenters. The fourth-order valence-corrected chi connectivity index (χ4v) is 9.49. The van der Waals surface area contributed by atoms with E-state index in [1.165, 1.54) is 86.5 Å². The maximum atomic E-state index is 2.47. The molecule has 0 N–H and O–H groups in total. The molecule has 10 rings (SSSR count). The largest absolute Gasteiger partial charge is 0.310 e. The van der Waals surface area contributed by atoms with Gasteiger partial charge in [0.1, 0.15) is 0 Å². The summed E-state index contributed by atoms with van der Waals surface area (Å²) in [6, 6.07) is 60.6. The van der Waals surface area contributed by atoms with E-state index >= 15 is 0 Å². The van der Waals surface area contributed by atoms with Crippen molar-refractivity contribution in [2.45, 2.75) is 19.3 Å². The zero-order valence-corrected chi connectivity index (χ0v) is 28.3. The highest BCUT2D eigenvalue weighted by molar-refractivity contribution is 7.26. The van der Waals surface area contributed by atoms with Crippen LogP contribution in [0.1, 0.15) is 25.0 Å². The van der Waals surface area contributed by atoms with Crippen LogP contribution in [0.3, 0.4) is 0 Å². The number of anilines is 3. The minimum atomic E-state index is -0.0914. The Morgan fingerprint density at radius 1 is 0.469 bits per heavy atom. The van der Waals surface area contributed by atoms with E-state index in [4.69, 9.17) is 0 Å². The maximum Gasteiger partial charge on any atom is 0.0546 e. The topological polar surface area (TPSA) is 3.24 Å². The van der Waals surface area contributed by atoms with Crippen LogP contribution in [0.15, 0.2) is 164 Å². The van der Waals surface area contributed by atoms with E-state index in [2.05, 4.69) is 183 Å². The third kappa shape index (κ3) is 4.24. The van der Waals surface area contributed by atoms with Gasteiger partial charge in [0.2, 0.25) is 0 Å². The van der Waals surface area contributed by atoms with E-state index in [0.717, 1.165) is 5.69 Å². The average molecular weight is 644 g/mol. The van der Waals surface area contributed by atoms with Crippen molar-refractivity contribution in [1.29, 1.82) is 0 Å². The van der Waals surface area contributed by atoms with Gasteiger partial charge in [0, 0.05) is 42.3 Å². The Morgan fingerprint density at radius 2 is 1.12 bits per heavy atom. The number of nitrogens with zero attached hydrogens (tertiary/aromatic N) is 1. The number of fused-ring (bicyclic) bond motifs is 9. The van der Waals surface area contributed by atoms with Gasteiger partial charge in [-0.1, -0.05) is 141 Å². The third-order valence-electron chi connectivity index (χ3n) is 10.7. The Hall–Kier alpha value is -5.70. The normalized spacial score (nSPS) is 13.3. The van der Waals surface area contributed by atoms with Crippen molar-refractivity contribution >= 4 is 70.1 Å². The molecule has 0 bridgehead atoms. The van der Waals surface area contributed by atoms with Crippen molar-refractivity contribution in [1.82, 2.24) is 0 Å². The molecule has 0 saturated heterocycles. The van der Waals surface area contributed by atoms with Crippen molar-refractivity contribution in [2.24, 2.45) is 0 Å². The predicted molar refractivity (Wildman–Crippen MR) is 212 cm³/mol. The molecule has 1 aromatic heterocycles. The molecule has 49 heavy (non-hydrogen) atoms. The van der Waals surface area contributed by atoms with Crippen LogP contribution in [0, 0.1) is 0 Å². The molecular formula is C47H33NS. The van der Waals surface area contributed by atoms with Crippen LogP contribution >= 0.6 is 11.3 Å². The van der Waals surface area contributed by atoms with E-state index in [0.29, 0.717) is 0 Å². The lowest BCUT2D eigenvalue weighted by Crippen LogP contribution is -2.16. The highest BCUT2D eigenvalue weighted by atomic mass is 32.1. The quantitative estimate of drug-likeness (QED) is 0.173. The summed E-state index contributed by atoms with van der Waals surface area (Å²) in [5, 5.41) is 7.68. The van der Waals surface area contributed by atoms with Crippen LogP contribution in [0.4, 0.5) is 17.1 Å². The van der Waals surface area contributed by atoms with Crippen LogP contribution in [0.2, 0.25) is 0 Å². The Bertz CT molecular complexity index is 2750. The number of rotatable bonds is 4. The lowest BCUT2D eigenvalue weighted by Gasteiger charge is -2.29.